The van der Waals surface area contributed by atoms with Gasteiger partial charge in [0.05, 0.1) is 29.5 Å². The van der Waals surface area contributed by atoms with E-state index in [0.29, 0.717) is 35.5 Å². The molecule has 0 aliphatic rings. The van der Waals surface area contributed by atoms with Crippen LogP contribution in [0.4, 0.5) is 10.5 Å². The molecule has 0 fully saturated rings. The summed E-state index contributed by atoms with van der Waals surface area (Å²) in [5.41, 5.74) is 2.01. The number of hydrogen-bond donors (Lipinski definition) is 3. The summed E-state index contributed by atoms with van der Waals surface area (Å²) in [6.45, 7) is 6.91. The van der Waals surface area contributed by atoms with Crippen molar-refractivity contribution in [3.05, 3.63) is 84.7 Å². The third kappa shape index (κ3) is 7.38. The summed E-state index contributed by atoms with van der Waals surface area (Å²) in [4.78, 5) is 16.3. The molecule has 1 unspecified atom stereocenters. The number of nitrogens with zero attached hydrogens (tertiary/aromatic N) is 2. The highest BCUT2D eigenvalue weighted by molar-refractivity contribution is 7.92. The molecule has 212 valence electrons. The maximum Gasteiger partial charge on any atom is 0.513 e. The van der Waals surface area contributed by atoms with Crippen LogP contribution in [0.15, 0.2) is 84.0 Å². The van der Waals surface area contributed by atoms with E-state index >= 15 is 0 Å². The summed E-state index contributed by atoms with van der Waals surface area (Å²) in [5.74, 6) is 0.337. The molecule has 3 N–H and O–H groups in total. The molecule has 0 amide bonds. The molecule has 0 saturated carbocycles. The standard InChI is InChI=1S/C29H34N4O6S/c1-4-38-28(35)39-26-15-9-14-24-27(26)30-20-33(24)17-16-29(2,3)31-19-25(34)21-10-8-11-22(18-21)32-40(36,37)23-12-6-5-7-13-23/h5-15,18,20,25,31-32,34H,4,16-17,19H2,1-3H3. The Morgan fingerprint density at radius 3 is 2.58 bits per heavy atom. The number of benzene rings is 3. The molecule has 1 heterocycles. The molecule has 1 atom stereocenters. The number of imidazole rings is 1. The third-order valence-electron chi connectivity index (χ3n) is 6.40. The van der Waals surface area contributed by atoms with Crippen LogP contribution in [0.2, 0.25) is 0 Å². The van der Waals surface area contributed by atoms with E-state index in [0.717, 1.165) is 5.52 Å². The van der Waals surface area contributed by atoms with E-state index in [1.54, 1.807) is 67.8 Å². The van der Waals surface area contributed by atoms with E-state index in [9.17, 15) is 18.3 Å². The number of para-hydroxylation sites is 1. The number of aliphatic hydroxyl groups is 1. The highest BCUT2D eigenvalue weighted by Crippen LogP contribution is 2.26. The minimum atomic E-state index is -3.73. The average Bonchev–Trinajstić information content (AvgIpc) is 3.35. The van der Waals surface area contributed by atoms with Gasteiger partial charge in [-0.3, -0.25) is 4.72 Å². The number of sulfonamides is 1. The van der Waals surface area contributed by atoms with Crippen LogP contribution in [0.1, 0.15) is 38.9 Å². The van der Waals surface area contributed by atoms with Gasteiger partial charge in [0, 0.05) is 24.3 Å². The summed E-state index contributed by atoms with van der Waals surface area (Å²) in [6.07, 6.45) is 0.797. The Bertz CT molecular complexity index is 1550. The third-order valence-corrected chi connectivity index (χ3v) is 7.79. The molecular formula is C29H34N4O6S. The van der Waals surface area contributed by atoms with Crippen LogP contribution in [0.25, 0.3) is 11.0 Å². The number of carbonyl (C=O) groups is 1. The van der Waals surface area contributed by atoms with Gasteiger partial charge in [-0.05, 0) is 69.2 Å². The van der Waals surface area contributed by atoms with Gasteiger partial charge in [0.15, 0.2) is 5.75 Å². The Balaban J connectivity index is 1.35. The highest BCUT2D eigenvalue weighted by Gasteiger charge is 2.21. The Kier molecular flexibility index (Phi) is 9.08. The van der Waals surface area contributed by atoms with Crippen molar-refractivity contribution in [2.24, 2.45) is 0 Å². The van der Waals surface area contributed by atoms with Crippen molar-refractivity contribution in [3.63, 3.8) is 0 Å². The van der Waals surface area contributed by atoms with Crippen molar-refractivity contribution < 1.29 is 27.8 Å². The molecule has 10 nitrogen and oxygen atoms in total. The summed E-state index contributed by atoms with van der Waals surface area (Å²) < 4.78 is 40.0. The molecule has 4 rings (SSSR count). The van der Waals surface area contributed by atoms with Crippen LogP contribution >= 0.6 is 0 Å². The SMILES string of the molecule is CCOC(=O)Oc1cccc2c1ncn2CCC(C)(C)NCC(O)c1cccc(NS(=O)(=O)c2ccccc2)c1. The van der Waals surface area contributed by atoms with Gasteiger partial charge in [-0.15, -0.1) is 0 Å². The van der Waals surface area contributed by atoms with Gasteiger partial charge in [0.2, 0.25) is 0 Å². The molecule has 0 aliphatic heterocycles. The summed E-state index contributed by atoms with van der Waals surface area (Å²) >= 11 is 0. The summed E-state index contributed by atoms with van der Waals surface area (Å²) in [7, 11) is -3.73. The van der Waals surface area contributed by atoms with Crippen molar-refractivity contribution in [2.45, 2.75) is 50.3 Å². The van der Waals surface area contributed by atoms with Crippen molar-refractivity contribution in [2.75, 3.05) is 17.9 Å². The van der Waals surface area contributed by atoms with Crippen molar-refractivity contribution in [1.29, 1.82) is 0 Å². The van der Waals surface area contributed by atoms with Gasteiger partial charge in [-0.1, -0.05) is 36.4 Å². The number of nitrogens with one attached hydrogen (secondary N) is 2. The minimum Gasteiger partial charge on any atom is -0.434 e. The first kappa shape index (κ1) is 29.1. The Morgan fingerprint density at radius 2 is 1.82 bits per heavy atom. The van der Waals surface area contributed by atoms with Gasteiger partial charge >= 0.3 is 6.16 Å². The summed E-state index contributed by atoms with van der Waals surface area (Å²) in [6, 6.07) is 20.2. The molecule has 0 spiro atoms. The number of ether oxygens (including phenoxy) is 2. The summed E-state index contributed by atoms with van der Waals surface area (Å²) in [5, 5.41) is 14.3. The Hall–Kier alpha value is -3.93. The van der Waals surface area contributed by atoms with Gasteiger partial charge in [-0.2, -0.15) is 0 Å². The predicted molar refractivity (Wildman–Crippen MR) is 153 cm³/mol. The van der Waals surface area contributed by atoms with Gasteiger partial charge in [-0.25, -0.2) is 18.2 Å². The van der Waals surface area contributed by atoms with Crippen LogP contribution in [0, 0.1) is 0 Å². The van der Waals surface area contributed by atoms with E-state index in [-0.39, 0.29) is 23.6 Å². The number of aliphatic hydroxyl groups excluding tert-OH is 1. The zero-order valence-electron chi connectivity index (χ0n) is 22.7. The number of anilines is 1. The molecule has 0 saturated heterocycles. The van der Waals surface area contributed by atoms with E-state index in [1.165, 1.54) is 12.1 Å². The molecule has 11 heteroatoms. The van der Waals surface area contributed by atoms with Crippen LogP contribution in [0.5, 0.6) is 5.75 Å². The molecule has 40 heavy (non-hydrogen) atoms. The lowest BCUT2D eigenvalue weighted by atomic mass is 9.99. The number of carbonyl (C=O) groups excluding carboxylic acids is 1. The molecule has 3 aromatic carbocycles. The topological polar surface area (TPSA) is 132 Å². The predicted octanol–water partition coefficient (Wildman–Crippen LogP) is 4.86. The molecule has 0 aliphatic carbocycles. The number of aryl methyl sites for hydroxylation is 1. The fourth-order valence-corrected chi connectivity index (χ4v) is 5.23. The fourth-order valence-electron chi connectivity index (χ4n) is 4.16. The molecule has 0 radical (unpaired) electrons. The maximum atomic E-state index is 12.7. The second-order valence-electron chi connectivity index (χ2n) is 9.92. The second kappa shape index (κ2) is 12.5. The van der Waals surface area contributed by atoms with Crippen molar-refractivity contribution in [3.8, 4) is 5.75 Å². The monoisotopic (exact) mass is 566 g/mol. The van der Waals surface area contributed by atoms with E-state index in [4.69, 9.17) is 9.47 Å². The highest BCUT2D eigenvalue weighted by atomic mass is 32.2. The first-order chi connectivity index (χ1) is 19.1. The smallest absolute Gasteiger partial charge is 0.434 e. The fraction of sp³-hybridized carbons (Fsp3) is 0.310. The van der Waals surface area contributed by atoms with Crippen LogP contribution in [-0.4, -0.2) is 47.9 Å². The number of β-amino-alcohol motifs (C(OH)–C–C–N with tert-alkyl or cyclic N) is 1. The second-order valence-corrected chi connectivity index (χ2v) is 11.6. The van der Waals surface area contributed by atoms with Crippen LogP contribution < -0.4 is 14.8 Å². The van der Waals surface area contributed by atoms with Crippen LogP contribution in [-0.2, 0) is 21.3 Å². The first-order valence-electron chi connectivity index (χ1n) is 13.0. The molecule has 1 aromatic heterocycles. The van der Waals surface area contributed by atoms with E-state index < -0.39 is 22.3 Å². The lowest BCUT2D eigenvalue weighted by Gasteiger charge is -2.28. The minimum absolute atomic E-state index is 0.165. The van der Waals surface area contributed by atoms with Crippen molar-refractivity contribution >= 4 is 32.9 Å². The zero-order valence-corrected chi connectivity index (χ0v) is 23.5. The normalized spacial score (nSPS) is 12.7. The van der Waals surface area contributed by atoms with Crippen molar-refractivity contribution in [1.82, 2.24) is 14.9 Å². The van der Waals surface area contributed by atoms with Gasteiger partial charge < -0.3 is 24.5 Å². The average molecular weight is 567 g/mol. The lowest BCUT2D eigenvalue weighted by molar-refractivity contribution is 0.105. The number of fused-ring (bicyclic) bond motifs is 1. The Labute approximate surface area is 234 Å². The largest absolute Gasteiger partial charge is 0.513 e. The zero-order chi connectivity index (χ0) is 28.8. The van der Waals surface area contributed by atoms with E-state index in [2.05, 4.69) is 15.0 Å². The van der Waals surface area contributed by atoms with Gasteiger partial charge in [0.25, 0.3) is 10.0 Å². The quantitative estimate of drug-likeness (QED) is 0.164. The van der Waals surface area contributed by atoms with Gasteiger partial charge in [0.1, 0.15) is 5.52 Å². The van der Waals surface area contributed by atoms with E-state index in [1.807, 2.05) is 24.5 Å². The number of rotatable bonds is 12. The number of hydrogen-bond acceptors (Lipinski definition) is 8. The van der Waals surface area contributed by atoms with Crippen LogP contribution in [0.3, 0.4) is 0 Å². The first-order valence-corrected chi connectivity index (χ1v) is 14.5. The molecular weight excluding hydrogens is 532 g/mol. The maximum absolute atomic E-state index is 12.7. The lowest BCUT2D eigenvalue weighted by Crippen LogP contribution is -2.42. The number of aromatic nitrogens is 2. The molecule has 4 aromatic rings. The molecule has 0 bridgehead atoms. The Morgan fingerprint density at radius 1 is 1.07 bits per heavy atom.